The Hall–Kier alpha value is -2.52. The second-order valence-electron chi connectivity index (χ2n) is 5.66. The lowest BCUT2D eigenvalue weighted by atomic mass is 10.0. The Morgan fingerprint density at radius 3 is 2.48 bits per heavy atom. The lowest BCUT2D eigenvalue weighted by Gasteiger charge is -2.16. The van der Waals surface area contributed by atoms with Crippen LogP contribution in [0.4, 0.5) is 0 Å². The van der Waals surface area contributed by atoms with Gasteiger partial charge in [-0.2, -0.15) is 0 Å². The van der Waals surface area contributed by atoms with E-state index >= 15 is 0 Å². The van der Waals surface area contributed by atoms with Crippen LogP contribution in [0.25, 0.3) is 10.8 Å². The molecule has 0 saturated carbocycles. The molecule has 0 heterocycles. The number of phenols is 1. The molecule has 0 amide bonds. The molecular weight excluding hydrogens is 286 g/mol. The molecule has 3 heteroatoms. The minimum atomic E-state index is 0.180. The van der Waals surface area contributed by atoms with E-state index in [1.54, 1.807) is 13.2 Å². The second kappa shape index (κ2) is 6.71. The van der Waals surface area contributed by atoms with Crippen molar-refractivity contribution in [1.29, 1.82) is 0 Å². The monoisotopic (exact) mass is 307 g/mol. The van der Waals surface area contributed by atoms with Crippen molar-refractivity contribution in [2.75, 3.05) is 7.11 Å². The van der Waals surface area contributed by atoms with Crippen LogP contribution in [0.1, 0.15) is 24.1 Å². The predicted octanol–water partition coefficient (Wildman–Crippen LogP) is 4.40. The van der Waals surface area contributed by atoms with Gasteiger partial charge < -0.3 is 15.2 Å². The minimum Gasteiger partial charge on any atom is -0.508 e. The average Bonchev–Trinajstić information content (AvgIpc) is 2.60. The van der Waals surface area contributed by atoms with Crippen LogP contribution in [-0.4, -0.2) is 12.2 Å². The molecule has 1 atom stereocenters. The molecule has 3 rings (SSSR count). The normalized spacial score (nSPS) is 12.3. The number of hydrogen-bond donors (Lipinski definition) is 2. The van der Waals surface area contributed by atoms with Crippen LogP contribution in [0.3, 0.4) is 0 Å². The van der Waals surface area contributed by atoms with Gasteiger partial charge in [0.1, 0.15) is 11.5 Å². The fraction of sp³-hybridized carbons (Fsp3) is 0.200. The predicted molar refractivity (Wildman–Crippen MR) is 93.9 cm³/mol. The molecule has 0 radical (unpaired) electrons. The zero-order valence-electron chi connectivity index (χ0n) is 13.4. The van der Waals surface area contributed by atoms with E-state index in [-0.39, 0.29) is 6.04 Å². The lowest BCUT2D eigenvalue weighted by Crippen LogP contribution is -2.18. The van der Waals surface area contributed by atoms with Crippen LogP contribution in [0, 0.1) is 0 Å². The molecule has 0 aliphatic heterocycles. The zero-order chi connectivity index (χ0) is 16.2. The number of nitrogens with one attached hydrogen (secondary N) is 1. The first-order valence-corrected chi connectivity index (χ1v) is 7.76. The molecule has 118 valence electrons. The Kier molecular flexibility index (Phi) is 4.49. The smallest absolute Gasteiger partial charge is 0.120 e. The summed E-state index contributed by atoms with van der Waals surface area (Å²) in [7, 11) is 1.67. The van der Waals surface area contributed by atoms with Crippen molar-refractivity contribution < 1.29 is 9.84 Å². The van der Waals surface area contributed by atoms with Gasteiger partial charge in [0.25, 0.3) is 0 Å². The number of ether oxygens (including phenoxy) is 1. The van der Waals surface area contributed by atoms with Gasteiger partial charge in [0.15, 0.2) is 0 Å². The van der Waals surface area contributed by atoms with E-state index < -0.39 is 0 Å². The third-order valence-electron chi connectivity index (χ3n) is 4.22. The van der Waals surface area contributed by atoms with Crippen molar-refractivity contribution in [2.24, 2.45) is 0 Å². The molecule has 0 fully saturated rings. The van der Waals surface area contributed by atoms with Crippen LogP contribution in [0.15, 0.2) is 60.7 Å². The van der Waals surface area contributed by atoms with E-state index in [9.17, 15) is 5.11 Å². The van der Waals surface area contributed by atoms with E-state index in [2.05, 4.69) is 30.4 Å². The summed E-state index contributed by atoms with van der Waals surface area (Å²) in [5.74, 6) is 1.19. The minimum absolute atomic E-state index is 0.180. The average molecular weight is 307 g/mol. The maximum atomic E-state index is 10.2. The molecule has 0 aromatic heterocycles. The van der Waals surface area contributed by atoms with Crippen molar-refractivity contribution in [1.82, 2.24) is 5.32 Å². The van der Waals surface area contributed by atoms with Crippen LogP contribution in [0.5, 0.6) is 11.5 Å². The SMILES string of the molecule is COc1ccc([C@@H](C)NCc2c(O)ccc3ccccc23)cc1. The highest BCUT2D eigenvalue weighted by molar-refractivity contribution is 5.87. The molecule has 0 unspecified atom stereocenters. The number of phenolic OH excluding ortho intramolecular Hbond substituents is 1. The van der Waals surface area contributed by atoms with Gasteiger partial charge in [-0.25, -0.2) is 0 Å². The van der Waals surface area contributed by atoms with Crippen molar-refractivity contribution in [3.63, 3.8) is 0 Å². The highest BCUT2D eigenvalue weighted by Crippen LogP contribution is 2.27. The molecule has 3 aromatic carbocycles. The van der Waals surface area contributed by atoms with Gasteiger partial charge in [-0.15, -0.1) is 0 Å². The van der Waals surface area contributed by atoms with Crippen molar-refractivity contribution in [3.8, 4) is 11.5 Å². The van der Waals surface area contributed by atoms with Crippen molar-refractivity contribution >= 4 is 10.8 Å². The Bertz CT molecular complexity index is 796. The maximum absolute atomic E-state index is 10.2. The Morgan fingerprint density at radius 2 is 1.74 bits per heavy atom. The summed E-state index contributed by atoms with van der Waals surface area (Å²) in [6.07, 6.45) is 0. The molecule has 0 saturated heterocycles. The molecule has 23 heavy (non-hydrogen) atoms. The quantitative estimate of drug-likeness (QED) is 0.734. The van der Waals surface area contributed by atoms with Gasteiger partial charge in [0.2, 0.25) is 0 Å². The Morgan fingerprint density at radius 1 is 1.00 bits per heavy atom. The van der Waals surface area contributed by atoms with E-state index in [4.69, 9.17) is 4.74 Å². The molecule has 3 nitrogen and oxygen atoms in total. The van der Waals surface area contributed by atoms with Crippen LogP contribution >= 0.6 is 0 Å². The molecule has 0 aliphatic carbocycles. The summed E-state index contributed by atoms with van der Waals surface area (Å²) in [6.45, 7) is 2.73. The Labute approximate surface area is 136 Å². The van der Waals surface area contributed by atoms with Crippen LogP contribution in [0.2, 0.25) is 0 Å². The number of benzene rings is 3. The summed E-state index contributed by atoms with van der Waals surface area (Å²) in [5.41, 5.74) is 2.12. The third kappa shape index (κ3) is 3.30. The van der Waals surface area contributed by atoms with Gasteiger partial charge in [-0.1, -0.05) is 42.5 Å². The van der Waals surface area contributed by atoms with Crippen LogP contribution < -0.4 is 10.1 Å². The number of aromatic hydroxyl groups is 1. The highest BCUT2D eigenvalue weighted by atomic mass is 16.5. The molecular formula is C20H21NO2. The molecule has 0 aliphatic rings. The summed E-state index contributed by atoms with van der Waals surface area (Å²) in [4.78, 5) is 0. The summed E-state index contributed by atoms with van der Waals surface area (Å²) in [6, 6.07) is 20.0. The van der Waals surface area contributed by atoms with Gasteiger partial charge in [-0.3, -0.25) is 0 Å². The van der Waals surface area contributed by atoms with Crippen molar-refractivity contribution in [2.45, 2.75) is 19.5 Å². The van der Waals surface area contributed by atoms with Gasteiger partial charge in [0, 0.05) is 18.2 Å². The van der Waals surface area contributed by atoms with E-state index in [1.807, 2.05) is 36.4 Å². The topological polar surface area (TPSA) is 41.5 Å². The highest BCUT2D eigenvalue weighted by Gasteiger charge is 2.10. The summed E-state index contributed by atoms with van der Waals surface area (Å²) in [5, 5.41) is 15.9. The van der Waals surface area contributed by atoms with Crippen LogP contribution in [-0.2, 0) is 6.54 Å². The van der Waals surface area contributed by atoms with Gasteiger partial charge in [-0.05, 0) is 41.5 Å². The zero-order valence-corrected chi connectivity index (χ0v) is 13.4. The first-order valence-electron chi connectivity index (χ1n) is 7.76. The standard InChI is InChI=1S/C20H21NO2/c1-14(15-7-10-17(23-2)11-8-15)21-13-19-18-6-4-3-5-16(18)9-12-20(19)22/h3-12,14,21-22H,13H2,1-2H3/t14-/m1/s1. The number of fused-ring (bicyclic) bond motifs is 1. The number of rotatable bonds is 5. The fourth-order valence-electron chi connectivity index (χ4n) is 2.78. The van der Waals surface area contributed by atoms with Gasteiger partial charge >= 0.3 is 0 Å². The number of hydrogen-bond acceptors (Lipinski definition) is 3. The summed E-state index contributed by atoms with van der Waals surface area (Å²) >= 11 is 0. The van der Waals surface area contributed by atoms with E-state index in [1.165, 1.54) is 5.56 Å². The summed E-state index contributed by atoms with van der Waals surface area (Å²) < 4.78 is 5.19. The van der Waals surface area contributed by atoms with Gasteiger partial charge in [0.05, 0.1) is 7.11 Å². The van der Waals surface area contributed by atoms with E-state index in [0.717, 1.165) is 22.1 Å². The van der Waals surface area contributed by atoms with Crippen molar-refractivity contribution in [3.05, 3.63) is 71.8 Å². The first-order chi connectivity index (χ1) is 11.2. The first kappa shape index (κ1) is 15.4. The number of methoxy groups -OCH3 is 1. The second-order valence-corrected chi connectivity index (χ2v) is 5.66. The fourth-order valence-corrected chi connectivity index (χ4v) is 2.78. The molecule has 0 spiro atoms. The third-order valence-corrected chi connectivity index (χ3v) is 4.22. The van der Waals surface area contributed by atoms with E-state index in [0.29, 0.717) is 12.3 Å². The Balaban J connectivity index is 1.78. The molecule has 2 N–H and O–H groups in total. The maximum Gasteiger partial charge on any atom is 0.120 e. The molecule has 3 aromatic rings. The largest absolute Gasteiger partial charge is 0.508 e. The lowest BCUT2D eigenvalue weighted by molar-refractivity contribution is 0.414. The molecule has 0 bridgehead atoms.